The Morgan fingerprint density at radius 2 is 2.14 bits per heavy atom. The summed E-state index contributed by atoms with van der Waals surface area (Å²) in [5.74, 6) is 0. The molecule has 1 aromatic rings. The molecule has 0 saturated heterocycles. The third-order valence-corrected chi connectivity index (χ3v) is 2.57. The summed E-state index contributed by atoms with van der Waals surface area (Å²) in [6.45, 7) is 8.68. The predicted molar refractivity (Wildman–Crippen MR) is 61.4 cm³/mol. The molecule has 1 unspecified atom stereocenters. The van der Waals surface area contributed by atoms with Crippen LogP contribution >= 0.6 is 0 Å². The van der Waals surface area contributed by atoms with Gasteiger partial charge in [0.05, 0.1) is 0 Å². The van der Waals surface area contributed by atoms with Crippen LogP contribution in [-0.4, -0.2) is 11.1 Å². The average Bonchev–Trinajstić information content (AvgIpc) is 2.65. The molecule has 0 bridgehead atoms. The molecule has 1 N–H and O–H groups in total. The van der Waals surface area contributed by atoms with Gasteiger partial charge in [-0.15, -0.1) is 0 Å². The Morgan fingerprint density at radius 3 is 2.64 bits per heavy atom. The molecule has 2 nitrogen and oxygen atoms in total. The zero-order valence-electron chi connectivity index (χ0n) is 9.59. The monoisotopic (exact) mass is 194 g/mol. The fourth-order valence-corrected chi connectivity index (χ4v) is 1.78. The van der Waals surface area contributed by atoms with Gasteiger partial charge in [-0.05, 0) is 31.5 Å². The lowest BCUT2D eigenvalue weighted by Crippen LogP contribution is -2.20. The van der Waals surface area contributed by atoms with Gasteiger partial charge >= 0.3 is 0 Å². The second-order valence-electron chi connectivity index (χ2n) is 3.67. The van der Waals surface area contributed by atoms with Crippen LogP contribution in [0.2, 0.25) is 0 Å². The Balaban J connectivity index is 2.65. The highest BCUT2D eigenvalue weighted by Crippen LogP contribution is 2.18. The first kappa shape index (κ1) is 11.3. The van der Waals surface area contributed by atoms with Crippen LogP contribution in [0.1, 0.15) is 45.2 Å². The van der Waals surface area contributed by atoms with E-state index in [9.17, 15) is 0 Å². The van der Waals surface area contributed by atoms with Crippen LogP contribution in [0, 0.1) is 0 Å². The maximum Gasteiger partial charge on any atom is 0.0335 e. The molecule has 0 aliphatic heterocycles. The van der Waals surface area contributed by atoms with Crippen molar-refractivity contribution in [3.05, 3.63) is 24.0 Å². The van der Waals surface area contributed by atoms with Gasteiger partial charge in [-0.3, -0.25) is 0 Å². The summed E-state index contributed by atoms with van der Waals surface area (Å²) in [5.41, 5.74) is 1.43. The van der Waals surface area contributed by atoms with Gasteiger partial charge in [0.25, 0.3) is 0 Å². The first-order chi connectivity index (χ1) is 6.81. The van der Waals surface area contributed by atoms with E-state index in [4.69, 9.17) is 0 Å². The standard InChI is InChI=1S/C12H22N2/c1-4-7-12(13-5-2)11-8-9-14(6-3)10-11/h8-10,12-13H,4-7H2,1-3H3. The topological polar surface area (TPSA) is 17.0 Å². The minimum atomic E-state index is 0.540. The lowest BCUT2D eigenvalue weighted by molar-refractivity contribution is 0.508. The predicted octanol–water partition coefficient (Wildman–Crippen LogP) is 2.96. The largest absolute Gasteiger partial charge is 0.354 e. The van der Waals surface area contributed by atoms with Crippen molar-refractivity contribution in [2.75, 3.05) is 6.54 Å². The quantitative estimate of drug-likeness (QED) is 0.736. The molecule has 14 heavy (non-hydrogen) atoms. The summed E-state index contributed by atoms with van der Waals surface area (Å²) in [6.07, 6.45) is 6.87. The van der Waals surface area contributed by atoms with Gasteiger partial charge in [0.15, 0.2) is 0 Å². The number of aryl methyl sites for hydroxylation is 1. The molecule has 0 aromatic carbocycles. The van der Waals surface area contributed by atoms with Crippen molar-refractivity contribution in [1.29, 1.82) is 0 Å². The lowest BCUT2D eigenvalue weighted by Gasteiger charge is -2.15. The molecule has 1 atom stereocenters. The van der Waals surface area contributed by atoms with E-state index < -0.39 is 0 Å². The van der Waals surface area contributed by atoms with Crippen LogP contribution in [-0.2, 0) is 6.54 Å². The lowest BCUT2D eigenvalue weighted by atomic mass is 10.1. The molecule has 1 aromatic heterocycles. The van der Waals surface area contributed by atoms with E-state index in [2.05, 4.69) is 49.1 Å². The Kier molecular flexibility index (Phi) is 4.74. The number of nitrogens with zero attached hydrogens (tertiary/aromatic N) is 1. The molecule has 0 fully saturated rings. The molecule has 0 aliphatic carbocycles. The summed E-state index contributed by atoms with van der Waals surface area (Å²) in [4.78, 5) is 0. The summed E-state index contributed by atoms with van der Waals surface area (Å²) in [7, 11) is 0. The van der Waals surface area contributed by atoms with Gasteiger partial charge in [-0.1, -0.05) is 20.3 Å². The molecule has 1 heterocycles. The van der Waals surface area contributed by atoms with Crippen molar-refractivity contribution in [1.82, 2.24) is 9.88 Å². The molecule has 0 spiro atoms. The van der Waals surface area contributed by atoms with Gasteiger partial charge in [0.1, 0.15) is 0 Å². The molecule has 0 aliphatic rings. The summed E-state index contributed by atoms with van der Waals surface area (Å²) in [5, 5.41) is 3.52. The van der Waals surface area contributed by atoms with Gasteiger partial charge < -0.3 is 9.88 Å². The molecule has 0 saturated carbocycles. The van der Waals surface area contributed by atoms with E-state index in [0.29, 0.717) is 6.04 Å². The van der Waals surface area contributed by atoms with Crippen LogP contribution in [0.3, 0.4) is 0 Å². The van der Waals surface area contributed by atoms with E-state index >= 15 is 0 Å². The maximum atomic E-state index is 3.52. The van der Waals surface area contributed by atoms with Crippen molar-refractivity contribution in [3.8, 4) is 0 Å². The first-order valence-electron chi connectivity index (χ1n) is 5.70. The Hall–Kier alpha value is -0.760. The molecule has 80 valence electrons. The summed E-state index contributed by atoms with van der Waals surface area (Å²) >= 11 is 0. The van der Waals surface area contributed by atoms with E-state index in [1.807, 2.05) is 0 Å². The molecular formula is C12H22N2. The van der Waals surface area contributed by atoms with Gasteiger partial charge in [0, 0.05) is 25.0 Å². The fourth-order valence-electron chi connectivity index (χ4n) is 1.78. The molecule has 2 heteroatoms. The van der Waals surface area contributed by atoms with Crippen LogP contribution in [0.5, 0.6) is 0 Å². The van der Waals surface area contributed by atoms with Gasteiger partial charge in [-0.2, -0.15) is 0 Å². The van der Waals surface area contributed by atoms with Crippen molar-refractivity contribution in [3.63, 3.8) is 0 Å². The third kappa shape index (κ3) is 2.88. The zero-order valence-corrected chi connectivity index (χ0v) is 9.59. The van der Waals surface area contributed by atoms with Crippen LogP contribution in [0.15, 0.2) is 18.5 Å². The maximum absolute atomic E-state index is 3.52. The number of hydrogen-bond donors (Lipinski definition) is 1. The van der Waals surface area contributed by atoms with E-state index in [1.54, 1.807) is 0 Å². The van der Waals surface area contributed by atoms with Crippen molar-refractivity contribution < 1.29 is 0 Å². The minimum absolute atomic E-state index is 0.540. The average molecular weight is 194 g/mol. The highest BCUT2D eigenvalue weighted by atomic mass is 15.0. The van der Waals surface area contributed by atoms with E-state index in [0.717, 1.165) is 13.1 Å². The smallest absolute Gasteiger partial charge is 0.0335 e. The van der Waals surface area contributed by atoms with Crippen LogP contribution < -0.4 is 5.32 Å². The van der Waals surface area contributed by atoms with Gasteiger partial charge in [-0.25, -0.2) is 0 Å². The number of aromatic nitrogens is 1. The minimum Gasteiger partial charge on any atom is -0.354 e. The Morgan fingerprint density at radius 1 is 1.36 bits per heavy atom. The molecular weight excluding hydrogens is 172 g/mol. The van der Waals surface area contributed by atoms with Crippen molar-refractivity contribution >= 4 is 0 Å². The molecule has 0 amide bonds. The Labute approximate surface area is 87.3 Å². The zero-order chi connectivity index (χ0) is 10.4. The molecule has 0 radical (unpaired) electrons. The SMILES string of the molecule is CCCC(NCC)c1ccn(CC)c1. The summed E-state index contributed by atoms with van der Waals surface area (Å²) in [6, 6.07) is 2.77. The highest BCUT2D eigenvalue weighted by molar-refractivity contribution is 5.15. The van der Waals surface area contributed by atoms with Crippen LogP contribution in [0.25, 0.3) is 0 Å². The van der Waals surface area contributed by atoms with Crippen molar-refractivity contribution in [2.24, 2.45) is 0 Å². The normalized spacial score (nSPS) is 13.1. The Bertz CT molecular complexity index is 247. The van der Waals surface area contributed by atoms with E-state index in [-0.39, 0.29) is 0 Å². The van der Waals surface area contributed by atoms with Crippen LogP contribution in [0.4, 0.5) is 0 Å². The van der Waals surface area contributed by atoms with Crippen molar-refractivity contribution in [2.45, 2.75) is 46.2 Å². The highest BCUT2D eigenvalue weighted by Gasteiger charge is 2.09. The van der Waals surface area contributed by atoms with Gasteiger partial charge in [0.2, 0.25) is 0 Å². The molecule has 1 rings (SSSR count). The first-order valence-corrected chi connectivity index (χ1v) is 5.70. The number of nitrogens with one attached hydrogen (secondary N) is 1. The second-order valence-corrected chi connectivity index (χ2v) is 3.67. The second kappa shape index (κ2) is 5.86. The summed E-state index contributed by atoms with van der Waals surface area (Å²) < 4.78 is 2.23. The third-order valence-electron chi connectivity index (χ3n) is 2.57. The number of rotatable bonds is 6. The van der Waals surface area contributed by atoms with E-state index in [1.165, 1.54) is 18.4 Å². The fraction of sp³-hybridized carbons (Fsp3) is 0.667. The number of hydrogen-bond acceptors (Lipinski definition) is 1.